The van der Waals surface area contributed by atoms with Gasteiger partial charge in [-0.15, -0.1) is 0 Å². The van der Waals surface area contributed by atoms with E-state index in [-0.39, 0.29) is 6.04 Å². The lowest BCUT2D eigenvalue weighted by atomic mass is 10.1. The van der Waals surface area contributed by atoms with Crippen LogP contribution < -0.4 is 11.5 Å². The van der Waals surface area contributed by atoms with Crippen molar-refractivity contribution in [2.24, 2.45) is 11.5 Å². The Balaban J connectivity index is 3.50. The Hall–Kier alpha value is -0.610. The summed E-state index contributed by atoms with van der Waals surface area (Å²) in [6.45, 7) is 1.72. The van der Waals surface area contributed by atoms with Crippen LogP contribution in [0.25, 0.3) is 0 Å². The highest BCUT2D eigenvalue weighted by atomic mass is 16.4. The maximum Gasteiger partial charge on any atom is 0.320 e. The predicted molar refractivity (Wildman–Crippen MR) is 33.9 cm³/mol. The summed E-state index contributed by atoms with van der Waals surface area (Å²) in [5, 5.41) is 8.25. The van der Waals surface area contributed by atoms with Crippen LogP contribution in [-0.4, -0.2) is 23.2 Å². The summed E-state index contributed by atoms with van der Waals surface area (Å²) >= 11 is 0. The van der Waals surface area contributed by atoms with E-state index in [0.29, 0.717) is 6.42 Å². The average molecular weight is 132 g/mol. The van der Waals surface area contributed by atoms with Gasteiger partial charge in [0.2, 0.25) is 0 Å². The van der Waals surface area contributed by atoms with Gasteiger partial charge in [-0.2, -0.15) is 0 Å². The first-order chi connectivity index (χ1) is 4.04. The van der Waals surface area contributed by atoms with E-state index in [4.69, 9.17) is 16.6 Å². The zero-order valence-corrected chi connectivity index (χ0v) is 5.37. The number of carboxylic acid groups (broad SMARTS) is 1. The summed E-state index contributed by atoms with van der Waals surface area (Å²) < 4.78 is 0. The van der Waals surface area contributed by atoms with Crippen LogP contribution in [0.1, 0.15) is 13.3 Å². The molecule has 0 heterocycles. The molecule has 0 aliphatic heterocycles. The standard InChI is InChI=1S/C5H12N2O2/c1-3(6)2-4(7)5(8)9/h3-4H,2,6-7H2,1H3,(H,8,9). The first-order valence-corrected chi connectivity index (χ1v) is 2.78. The summed E-state index contributed by atoms with van der Waals surface area (Å²) in [5.41, 5.74) is 10.4. The van der Waals surface area contributed by atoms with Gasteiger partial charge in [0.25, 0.3) is 0 Å². The molecule has 2 unspecified atom stereocenters. The van der Waals surface area contributed by atoms with Crippen LogP contribution in [0.4, 0.5) is 0 Å². The normalized spacial score (nSPS) is 16.8. The minimum absolute atomic E-state index is 0.143. The molecular formula is C5H12N2O2. The molecule has 0 aliphatic carbocycles. The highest BCUT2D eigenvalue weighted by Crippen LogP contribution is 1.90. The minimum Gasteiger partial charge on any atom is -0.480 e. The van der Waals surface area contributed by atoms with Crippen molar-refractivity contribution >= 4 is 5.97 Å². The third-order valence-corrected chi connectivity index (χ3v) is 0.943. The van der Waals surface area contributed by atoms with Crippen LogP contribution in [0.3, 0.4) is 0 Å². The number of carbonyl (C=O) groups is 1. The Morgan fingerprint density at radius 1 is 1.67 bits per heavy atom. The summed E-state index contributed by atoms with van der Waals surface area (Å²) in [5.74, 6) is -0.993. The Kier molecular flexibility index (Phi) is 3.19. The first kappa shape index (κ1) is 8.39. The molecule has 0 rings (SSSR count). The number of hydrogen-bond acceptors (Lipinski definition) is 3. The van der Waals surface area contributed by atoms with E-state index in [9.17, 15) is 4.79 Å². The molecule has 0 bridgehead atoms. The van der Waals surface area contributed by atoms with Gasteiger partial charge in [-0.05, 0) is 13.3 Å². The molecule has 54 valence electrons. The van der Waals surface area contributed by atoms with Crippen LogP contribution in [-0.2, 0) is 4.79 Å². The van der Waals surface area contributed by atoms with Crippen molar-refractivity contribution < 1.29 is 9.90 Å². The molecule has 0 saturated carbocycles. The van der Waals surface area contributed by atoms with Gasteiger partial charge < -0.3 is 16.6 Å². The molecule has 0 aromatic heterocycles. The Labute approximate surface area is 53.8 Å². The molecule has 0 fully saturated rings. The second-order valence-corrected chi connectivity index (χ2v) is 2.16. The highest BCUT2D eigenvalue weighted by Gasteiger charge is 2.12. The highest BCUT2D eigenvalue weighted by molar-refractivity contribution is 5.73. The van der Waals surface area contributed by atoms with Crippen molar-refractivity contribution in [3.05, 3.63) is 0 Å². The van der Waals surface area contributed by atoms with Gasteiger partial charge >= 0.3 is 5.97 Å². The molecule has 2 atom stereocenters. The Bertz CT molecular complexity index is 103. The van der Waals surface area contributed by atoms with E-state index >= 15 is 0 Å². The third-order valence-electron chi connectivity index (χ3n) is 0.943. The van der Waals surface area contributed by atoms with Crippen molar-refractivity contribution in [1.82, 2.24) is 0 Å². The lowest BCUT2D eigenvalue weighted by molar-refractivity contribution is -0.138. The van der Waals surface area contributed by atoms with E-state index in [1.165, 1.54) is 0 Å². The molecule has 0 saturated heterocycles. The van der Waals surface area contributed by atoms with E-state index in [0.717, 1.165) is 0 Å². The van der Waals surface area contributed by atoms with Crippen LogP contribution in [0.2, 0.25) is 0 Å². The lowest BCUT2D eigenvalue weighted by Gasteiger charge is -2.07. The quantitative estimate of drug-likeness (QED) is 0.466. The minimum atomic E-state index is -0.993. The van der Waals surface area contributed by atoms with E-state index < -0.39 is 12.0 Å². The van der Waals surface area contributed by atoms with Crippen molar-refractivity contribution in [3.63, 3.8) is 0 Å². The number of hydrogen-bond donors (Lipinski definition) is 3. The number of nitrogens with two attached hydrogens (primary N) is 2. The van der Waals surface area contributed by atoms with Gasteiger partial charge in [-0.3, -0.25) is 4.79 Å². The van der Waals surface area contributed by atoms with Gasteiger partial charge in [0.1, 0.15) is 6.04 Å². The lowest BCUT2D eigenvalue weighted by Crippen LogP contribution is -2.35. The van der Waals surface area contributed by atoms with Gasteiger partial charge in [-0.1, -0.05) is 0 Å². The fourth-order valence-corrected chi connectivity index (χ4v) is 0.501. The molecule has 0 amide bonds. The fraction of sp³-hybridized carbons (Fsp3) is 0.800. The molecule has 5 N–H and O–H groups in total. The number of aliphatic carboxylic acids is 1. The molecule has 4 heteroatoms. The summed E-state index contributed by atoms with van der Waals surface area (Å²) in [6.07, 6.45) is 0.329. The summed E-state index contributed by atoms with van der Waals surface area (Å²) in [4.78, 5) is 10.1. The van der Waals surface area contributed by atoms with Crippen LogP contribution >= 0.6 is 0 Å². The zero-order valence-electron chi connectivity index (χ0n) is 5.37. The number of rotatable bonds is 3. The van der Waals surface area contributed by atoms with Gasteiger partial charge in [-0.25, -0.2) is 0 Å². The first-order valence-electron chi connectivity index (χ1n) is 2.78. The smallest absolute Gasteiger partial charge is 0.320 e. The molecule has 0 aliphatic rings. The fourth-order valence-electron chi connectivity index (χ4n) is 0.501. The molecule has 0 aromatic rings. The second kappa shape index (κ2) is 3.42. The molecule has 0 spiro atoms. The largest absolute Gasteiger partial charge is 0.480 e. The van der Waals surface area contributed by atoms with Gasteiger partial charge in [0, 0.05) is 6.04 Å². The zero-order chi connectivity index (χ0) is 7.44. The van der Waals surface area contributed by atoms with E-state index in [2.05, 4.69) is 0 Å². The molecule has 0 radical (unpaired) electrons. The Morgan fingerprint density at radius 3 is 2.22 bits per heavy atom. The monoisotopic (exact) mass is 132 g/mol. The topological polar surface area (TPSA) is 89.3 Å². The van der Waals surface area contributed by atoms with Crippen LogP contribution in [0.5, 0.6) is 0 Å². The summed E-state index contributed by atoms with van der Waals surface area (Å²) in [7, 11) is 0. The van der Waals surface area contributed by atoms with Crippen LogP contribution in [0.15, 0.2) is 0 Å². The van der Waals surface area contributed by atoms with Crippen molar-refractivity contribution in [1.29, 1.82) is 0 Å². The van der Waals surface area contributed by atoms with Crippen molar-refractivity contribution in [2.45, 2.75) is 25.4 Å². The van der Waals surface area contributed by atoms with Gasteiger partial charge in [0.05, 0.1) is 0 Å². The predicted octanol–water partition coefficient (Wildman–Crippen LogP) is -0.864. The van der Waals surface area contributed by atoms with E-state index in [1.54, 1.807) is 6.92 Å². The third kappa shape index (κ3) is 3.93. The number of carboxylic acids is 1. The van der Waals surface area contributed by atoms with Gasteiger partial charge in [0.15, 0.2) is 0 Å². The molecular weight excluding hydrogens is 120 g/mol. The second-order valence-electron chi connectivity index (χ2n) is 2.16. The van der Waals surface area contributed by atoms with Crippen molar-refractivity contribution in [3.8, 4) is 0 Å². The summed E-state index contributed by atoms with van der Waals surface area (Å²) in [6, 6.07) is -0.957. The maximum atomic E-state index is 10.1. The van der Waals surface area contributed by atoms with Crippen LogP contribution in [0, 0.1) is 0 Å². The molecule has 0 aromatic carbocycles. The molecule has 4 nitrogen and oxygen atoms in total. The SMILES string of the molecule is CC(N)CC(N)C(=O)O. The Morgan fingerprint density at radius 2 is 2.11 bits per heavy atom. The molecule has 9 heavy (non-hydrogen) atoms. The maximum absolute atomic E-state index is 10.1. The van der Waals surface area contributed by atoms with E-state index in [1.807, 2.05) is 0 Å². The average Bonchev–Trinajstić information content (AvgIpc) is 1.63. The van der Waals surface area contributed by atoms with Crippen molar-refractivity contribution in [2.75, 3.05) is 0 Å².